The molecule has 1 saturated carbocycles. The normalized spacial score (nSPS) is 15.3. The molecule has 1 aromatic heterocycles. The van der Waals surface area contributed by atoms with Crippen LogP contribution in [0.3, 0.4) is 0 Å². The molecule has 0 atom stereocenters. The third-order valence-corrected chi connectivity index (χ3v) is 4.22. The van der Waals surface area contributed by atoms with Gasteiger partial charge in [-0.25, -0.2) is 4.98 Å². The summed E-state index contributed by atoms with van der Waals surface area (Å²) in [6.45, 7) is 1.51. The maximum absolute atomic E-state index is 12.3. The van der Waals surface area contributed by atoms with Crippen LogP contribution in [0.4, 0.5) is 0 Å². The Balaban J connectivity index is 1.87. The number of hydrogen-bond donors (Lipinski definition) is 2. The van der Waals surface area contributed by atoms with Crippen LogP contribution in [0.1, 0.15) is 59.5 Å². The van der Waals surface area contributed by atoms with Gasteiger partial charge in [-0.3, -0.25) is 9.59 Å². The topological polar surface area (TPSA) is 74.3 Å². The third kappa shape index (κ3) is 5.92. The van der Waals surface area contributed by atoms with Crippen LogP contribution in [0.2, 0.25) is 0 Å². The van der Waals surface area contributed by atoms with Crippen LogP contribution in [0.15, 0.2) is 18.2 Å². The number of carbonyl (C=O) groups is 2. The van der Waals surface area contributed by atoms with E-state index in [1.165, 1.54) is 6.42 Å². The molecular weight excluding hydrogens is 304 g/mol. The van der Waals surface area contributed by atoms with E-state index in [-0.39, 0.29) is 23.6 Å². The number of nitrogens with zero attached hydrogens (tertiary/aromatic N) is 2. The molecule has 1 fully saturated rings. The Kier molecular flexibility index (Phi) is 7.18. The van der Waals surface area contributed by atoms with Crippen molar-refractivity contribution in [1.29, 1.82) is 0 Å². The van der Waals surface area contributed by atoms with Crippen LogP contribution in [0, 0.1) is 0 Å². The van der Waals surface area contributed by atoms with Crippen molar-refractivity contribution in [1.82, 2.24) is 20.5 Å². The van der Waals surface area contributed by atoms with E-state index in [0.29, 0.717) is 12.2 Å². The van der Waals surface area contributed by atoms with Crippen LogP contribution in [-0.4, -0.2) is 54.9 Å². The first-order valence-electron chi connectivity index (χ1n) is 8.77. The summed E-state index contributed by atoms with van der Waals surface area (Å²) in [5.41, 5.74) is 0.595. The lowest BCUT2D eigenvalue weighted by Crippen LogP contribution is -2.37. The number of hydrogen-bond acceptors (Lipinski definition) is 4. The van der Waals surface area contributed by atoms with Crippen molar-refractivity contribution in [2.75, 3.05) is 27.2 Å². The second-order valence-corrected chi connectivity index (χ2v) is 6.63. The van der Waals surface area contributed by atoms with Crippen molar-refractivity contribution in [3.63, 3.8) is 0 Å². The molecule has 2 N–H and O–H groups in total. The summed E-state index contributed by atoms with van der Waals surface area (Å²) in [5.74, 6) is -0.426. The van der Waals surface area contributed by atoms with Gasteiger partial charge in [-0.05, 0) is 52.0 Å². The van der Waals surface area contributed by atoms with Crippen molar-refractivity contribution in [3.8, 4) is 0 Å². The van der Waals surface area contributed by atoms with Gasteiger partial charge in [0.1, 0.15) is 11.4 Å². The van der Waals surface area contributed by atoms with Gasteiger partial charge < -0.3 is 15.5 Å². The fourth-order valence-electron chi connectivity index (χ4n) is 2.88. The first kappa shape index (κ1) is 18.4. The summed E-state index contributed by atoms with van der Waals surface area (Å²) in [7, 11) is 4.00. The quantitative estimate of drug-likeness (QED) is 0.747. The van der Waals surface area contributed by atoms with Gasteiger partial charge in [-0.2, -0.15) is 0 Å². The number of nitrogens with one attached hydrogen (secondary N) is 2. The fraction of sp³-hybridized carbons (Fsp3) is 0.611. The molecule has 6 nitrogen and oxygen atoms in total. The molecule has 1 aliphatic carbocycles. The fourth-order valence-corrected chi connectivity index (χ4v) is 2.88. The number of pyridine rings is 1. The van der Waals surface area contributed by atoms with Gasteiger partial charge in [0, 0.05) is 12.6 Å². The molecule has 24 heavy (non-hydrogen) atoms. The van der Waals surface area contributed by atoms with E-state index in [1.54, 1.807) is 18.2 Å². The van der Waals surface area contributed by atoms with Gasteiger partial charge in [0.05, 0.1) is 0 Å². The van der Waals surface area contributed by atoms with Crippen LogP contribution >= 0.6 is 0 Å². The monoisotopic (exact) mass is 332 g/mol. The third-order valence-electron chi connectivity index (χ3n) is 4.22. The largest absolute Gasteiger partial charge is 0.351 e. The summed E-state index contributed by atoms with van der Waals surface area (Å²) in [4.78, 5) is 30.7. The lowest BCUT2D eigenvalue weighted by atomic mass is 9.95. The highest BCUT2D eigenvalue weighted by molar-refractivity contribution is 5.96. The smallest absolute Gasteiger partial charge is 0.270 e. The van der Waals surface area contributed by atoms with Gasteiger partial charge in [0.25, 0.3) is 11.8 Å². The van der Waals surface area contributed by atoms with E-state index in [4.69, 9.17) is 0 Å². The van der Waals surface area contributed by atoms with Crippen LogP contribution < -0.4 is 10.6 Å². The van der Waals surface area contributed by atoms with E-state index in [0.717, 1.165) is 38.6 Å². The Labute approximate surface area is 144 Å². The van der Waals surface area contributed by atoms with E-state index < -0.39 is 0 Å². The van der Waals surface area contributed by atoms with Crippen molar-refractivity contribution >= 4 is 11.8 Å². The lowest BCUT2D eigenvalue weighted by Gasteiger charge is -2.22. The summed E-state index contributed by atoms with van der Waals surface area (Å²) >= 11 is 0. The number of carbonyl (C=O) groups excluding carboxylic acids is 2. The van der Waals surface area contributed by atoms with Crippen LogP contribution in [-0.2, 0) is 0 Å². The molecule has 0 aliphatic heterocycles. The van der Waals surface area contributed by atoms with Gasteiger partial charge in [-0.15, -0.1) is 0 Å². The molecule has 0 bridgehead atoms. The van der Waals surface area contributed by atoms with E-state index in [2.05, 4.69) is 20.5 Å². The zero-order valence-electron chi connectivity index (χ0n) is 14.7. The molecule has 1 aliphatic rings. The Morgan fingerprint density at radius 3 is 2.46 bits per heavy atom. The Hall–Kier alpha value is -1.95. The van der Waals surface area contributed by atoms with Gasteiger partial charge >= 0.3 is 0 Å². The van der Waals surface area contributed by atoms with E-state index >= 15 is 0 Å². The molecule has 0 aromatic carbocycles. The predicted molar refractivity (Wildman–Crippen MR) is 94.1 cm³/mol. The molecule has 0 unspecified atom stereocenters. The number of aromatic nitrogens is 1. The summed E-state index contributed by atoms with van der Waals surface area (Å²) in [5, 5.41) is 5.87. The maximum atomic E-state index is 12.3. The molecule has 6 heteroatoms. The Morgan fingerprint density at radius 2 is 1.79 bits per heavy atom. The zero-order chi connectivity index (χ0) is 17.4. The Bertz CT molecular complexity index is 554. The highest BCUT2D eigenvalue weighted by Gasteiger charge is 2.18. The minimum atomic E-state index is -0.235. The molecule has 2 amide bonds. The number of amides is 2. The minimum Gasteiger partial charge on any atom is -0.351 e. The minimum absolute atomic E-state index is 0.191. The standard InChI is InChI=1S/C18H28N4O2/c1-22(2)13-7-12-19-17(23)15-10-6-11-16(21-15)18(24)20-14-8-4-3-5-9-14/h6,10-11,14H,3-5,7-9,12-13H2,1-2H3,(H,19,23)(H,20,24). The molecule has 0 radical (unpaired) electrons. The van der Waals surface area contributed by atoms with Crippen LogP contribution in [0.5, 0.6) is 0 Å². The summed E-state index contributed by atoms with van der Waals surface area (Å²) < 4.78 is 0. The second-order valence-electron chi connectivity index (χ2n) is 6.63. The van der Waals surface area contributed by atoms with Crippen molar-refractivity contribution in [2.24, 2.45) is 0 Å². The zero-order valence-corrected chi connectivity index (χ0v) is 14.7. The first-order chi connectivity index (χ1) is 11.6. The summed E-state index contributed by atoms with van der Waals surface area (Å²) in [6.07, 6.45) is 6.49. The SMILES string of the molecule is CN(C)CCCNC(=O)c1cccc(C(=O)NC2CCCCC2)n1. The van der Waals surface area contributed by atoms with Crippen molar-refractivity contribution < 1.29 is 9.59 Å². The molecule has 132 valence electrons. The highest BCUT2D eigenvalue weighted by atomic mass is 16.2. The molecule has 1 aromatic rings. The van der Waals surface area contributed by atoms with Crippen LogP contribution in [0.25, 0.3) is 0 Å². The van der Waals surface area contributed by atoms with Gasteiger partial charge in [0.15, 0.2) is 0 Å². The second kappa shape index (κ2) is 9.37. The van der Waals surface area contributed by atoms with Crippen molar-refractivity contribution in [3.05, 3.63) is 29.6 Å². The molecule has 0 spiro atoms. The number of rotatable bonds is 7. The van der Waals surface area contributed by atoms with E-state index in [9.17, 15) is 9.59 Å². The molecular formula is C18H28N4O2. The summed E-state index contributed by atoms with van der Waals surface area (Å²) in [6, 6.07) is 5.23. The lowest BCUT2D eigenvalue weighted by molar-refractivity contribution is 0.0922. The highest BCUT2D eigenvalue weighted by Crippen LogP contribution is 2.17. The first-order valence-corrected chi connectivity index (χ1v) is 8.77. The van der Waals surface area contributed by atoms with E-state index in [1.807, 2.05) is 14.1 Å². The predicted octanol–water partition coefficient (Wildman–Crippen LogP) is 1.83. The Morgan fingerprint density at radius 1 is 1.12 bits per heavy atom. The van der Waals surface area contributed by atoms with Crippen molar-refractivity contribution in [2.45, 2.75) is 44.6 Å². The molecule has 2 rings (SSSR count). The average molecular weight is 332 g/mol. The average Bonchev–Trinajstić information content (AvgIpc) is 2.59. The maximum Gasteiger partial charge on any atom is 0.270 e. The van der Waals surface area contributed by atoms with Gasteiger partial charge in [-0.1, -0.05) is 25.3 Å². The van der Waals surface area contributed by atoms with Gasteiger partial charge in [0.2, 0.25) is 0 Å². The molecule has 0 saturated heterocycles. The molecule has 1 heterocycles.